The monoisotopic (exact) mass is 310 g/mol. The van der Waals surface area contributed by atoms with Gasteiger partial charge in [-0.05, 0) is 19.8 Å². The van der Waals surface area contributed by atoms with Gasteiger partial charge in [-0.25, -0.2) is 4.98 Å². The quantitative estimate of drug-likeness (QED) is 0.798. The largest absolute Gasteiger partial charge is 0.381 e. The molecule has 0 spiro atoms. The molecule has 116 valence electrons. The Hall–Kier alpha value is -1.07. The molecule has 2 atom stereocenters. The van der Waals surface area contributed by atoms with Gasteiger partial charge >= 0.3 is 0 Å². The van der Waals surface area contributed by atoms with Gasteiger partial charge in [0.05, 0.1) is 12.3 Å². The Balaban J connectivity index is 2.12. The van der Waals surface area contributed by atoms with Gasteiger partial charge in [-0.3, -0.25) is 4.68 Å². The van der Waals surface area contributed by atoms with Crippen LogP contribution in [0.1, 0.15) is 37.8 Å². The molecule has 0 radical (unpaired) electrons. The lowest BCUT2D eigenvalue weighted by atomic mass is 10.0. The van der Waals surface area contributed by atoms with Gasteiger partial charge in [0.1, 0.15) is 11.3 Å². The van der Waals surface area contributed by atoms with Gasteiger partial charge < -0.3 is 9.30 Å². The van der Waals surface area contributed by atoms with Gasteiger partial charge in [-0.2, -0.15) is 5.10 Å². The summed E-state index contributed by atoms with van der Waals surface area (Å²) in [5.74, 6) is 2.20. The summed E-state index contributed by atoms with van der Waals surface area (Å²) < 4.78 is 9.86. The molecule has 0 bridgehead atoms. The van der Waals surface area contributed by atoms with Gasteiger partial charge in [0, 0.05) is 37.9 Å². The highest BCUT2D eigenvalue weighted by atomic mass is 35.5. The van der Waals surface area contributed by atoms with E-state index in [0.717, 1.165) is 55.2 Å². The highest BCUT2D eigenvalue weighted by molar-refractivity contribution is 6.17. The number of alkyl halides is 1. The van der Waals surface area contributed by atoms with Crippen LogP contribution in [0.5, 0.6) is 0 Å². The van der Waals surface area contributed by atoms with E-state index >= 15 is 0 Å². The second-order valence-corrected chi connectivity index (χ2v) is 6.18. The molecule has 1 aliphatic rings. The lowest BCUT2D eigenvalue weighted by Crippen LogP contribution is -2.20. The van der Waals surface area contributed by atoms with Crippen LogP contribution in [-0.2, 0) is 24.6 Å². The molecule has 0 saturated carbocycles. The first-order valence-corrected chi connectivity index (χ1v) is 8.27. The van der Waals surface area contributed by atoms with Gasteiger partial charge in [-0.15, -0.1) is 11.6 Å². The van der Waals surface area contributed by atoms with E-state index < -0.39 is 0 Å². The SMILES string of the molecule is CCc1nn(C)c2c1nc(CCCl)n2C(C)C1CCOC1. The van der Waals surface area contributed by atoms with E-state index in [1.807, 2.05) is 11.7 Å². The minimum absolute atomic E-state index is 0.357. The topological polar surface area (TPSA) is 44.9 Å². The molecule has 3 rings (SSSR count). The number of hydrogen-bond acceptors (Lipinski definition) is 3. The van der Waals surface area contributed by atoms with E-state index in [-0.39, 0.29) is 0 Å². The number of aryl methyl sites for hydroxylation is 3. The van der Waals surface area contributed by atoms with Crippen LogP contribution in [0, 0.1) is 5.92 Å². The molecule has 3 heterocycles. The zero-order valence-corrected chi connectivity index (χ0v) is 13.7. The predicted octanol–water partition coefficient (Wildman–Crippen LogP) is 2.71. The molecule has 1 saturated heterocycles. The van der Waals surface area contributed by atoms with Crippen LogP contribution in [0.3, 0.4) is 0 Å². The third-order valence-corrected chi connectivity index (χ3v) is 4.71. The first-order chi connectivity index (χ1) is 10.2. The summed E-state index contributed by atoms with van der Waals surface area (Å²) in [7, 11) is 2.00. The number of fused-ring (bicyclic) bond motifs is 1. The Labute approximate surface area is 130 Å². The van der Waals surface area contributed by atoms with Crippen molar-refractivity contribution in [3.8, 4) is 0 Å². The number of hydrogen-bond donors (Lipinski definition) is 0. The number of nitrogens with zero attached hydrogens (tertiary/aromatic N) is 4. The minimum Gasteiger partial charge on any atom is -0.381 e. The summed E-state index contributed by atoms with van der Waals surface area (Å²) in [6, 6.07) is 0.357. The highest BCUT2D eigenvalue weighted by Gasteiger charge is 2.28. The van der Waals surface area contributed by atoms with Gasteiger partial charge in [0.25, 0.3) is 0 Å². The fourth-order valence-corrected chi connectivity index (χ4v) is 3.49. The summed E-state index contributed by atoms with van der Waals surface area (Å²) in [5, 5.41) is 4.61. The van der Waals surface area contributed by atoms with Crippen molar-refractivity contribution in [2.24, 2.45) is 13.0 Å². The second kappa shape index (κ2) is 5.97. The third-order valence-electron chi connectivity index (χ3n) is 4.52. The van der Waals surface area contributed by atoms with Crippen LogP contribution >= 0.6 is 11.6 Å². The Morgan fingerprint density at radius 1 is 1.48 bits per heavy atom. The molecule has 2 unspecified atom stereocenters. The molecule has 0 aliphatic carbocycles. The molecule has 6 heteroatoms. The zero-order chi connectivity index (χ0) is 15.0. The average Bonchev–Trinajstić information content (AvgIpc) is 3.16. The Kier molecular flexibility index (Phi) is 4.22. The normalized spacial score (nSPS) is 20.5. The number of imidazole rings is 1. The highest BCUT2D eigenvalue weighted by Crippen LogP contribution is 2.31. The molecule has 1 aliphatic heterocycles. The fourth-order valence-electron chi connectivity index (χ4n) is 3.32. The molecule has 2 aromatic heterocycles. The van der Waals surface area contributed by atoms with Crippen LogP contribution in [0.4, 0.5) is 0 Å². The Morgan fingerprint density at radius 2 is 2.29 bits per heavy atom. The Morgan fingerprint density at radius 3 is 2.90 bits per heavy atom. The smallest absolute Gasteiger partial charge is 0.158 e. The molecule has 0 N–H and O–H groups in total. The number of aromatic nitrogens is 4. The maximum Gasteiger partial charge on any atom is 0.158 e. The predicted molar refractivity (Wildman–Crippen MR) is 83.9 cm³/mol. The van der Waals surface area contributed by atoms with Crippen molar-refractivity contribution < 1.29 is 4.74 Å². The summed E-state index contributed by atoms with van der Waals surface area (Å²) >= 11 is 5.98. The number of rotatable bonds is 5. The van der Waals surface area contributed by atoms with Crippen LogP contribution in [0.2, 0.25) is 0 Å². The molecular formula is C15H23ClN4O. The fraction of sp³-hybridized carbons (Fsp3) is 0.733. The number of halogens is 1. The van der Waals surface area contributed by atoms with Crippen molar-refractivity contribution in [2.75, 3.05) is 19.1 Å². The van der Waals surface area contributed by atoms with Gasteiger partial charge in [0.15, 0.2) is 5.65 Å². The number of ether oxygens (including phenoxy) is 1. The van der Waals surface area contributed by atoms with Crippen molar-refractivity contribution in [1.82, 2.24) is 19.3 Å². The van der Waals surface area contributed by atoms with Crippen LogP contribution in [-0.4, -0.2) is 38.4 Å². The molecule has 2 aromatic rings. The van der Waals surface area contributed by atoms with Crippen molar-refractivity contribution in [2.45, 2.75) is 39.2 Å². The maximum atomic E-state index is 5.98. The van der Waals surface area contributed by atoms with Crippen LogP contribution in [0.25, 0.3) is 11.2 Å². The molecule has 0 amide bonds. The van der Waals surface area contributed by atoms with Crippen molar-refractivity contribution >= 4 is 22.8 Å². The third kappa shape index (κ3) is 2.46. The first-order valence-electron chi connectivity index (χ1n) is 7.73. The molecule has 21 heavy (non-hydrogen) atoms. The molecule has 0 aromatic carbocycles. The lowest BCUT2D eigenvalue weighted by molar-refractivity contribution is 0.175. The second-order valence-electron chi connectivity index (χ2n) is 5.80. The average molecular weight is 311 g/mol. The minimum atomic E-state index is 0.357. The van der Waals surface area contributed by atoms with Crippen molar-refractivity contribution in [1.29, 1.82) is 0 Å². The maximum absolute atomic E-state index is 5.98. The van der Waals surface area contributed by atoms with Crippen molar-refractivity contribution in [3.05, 3.63) is 11.5 Å². The van der Waals surface area contributed by atoms with E-state index in [0.29, 0.717) is 17.8 Å². The summed E-state index contributed by atoms with van der Waals surface area (Å²) in [6.45, 7) is 6.08. The molecule has 5 nitrogen and oxygen atoms in total. The van der Waals surface area contributed by atoms with Crippen LogP contribution in [0.15, 0.2) is 0 Å². The van der Waals surface area contributed by atoms with E-state index in [9.17, 15) is 0 Å². The summed E-state index contributed by atoms with van der Waals surface area (Å²) in [6.07, 6.45) is 2.80. The molecule has 1 fully saturated rings. The van der Waals surface area contributed by atoms with E-state index in [4.69, 9.17) is 21.3 Å². The van der Waals surface area contributed by atoms with E-state index in [2.05, 4.69) is 23.5 Å². The lowest BCUT2D eigenvalue weighted by Gasteiger charge is -2.22. The van der Waals surface area contributed by atoms with Crippen LogP contribution < -0.4 is 0 Å². The summed E-state index contributed by atoms with van der Waals surface area (Å²) in [5.41, 5.74) is 3.22. The van der Waals surface area contributed by atoms with E-state index in [1.165, 1.54) is 0 Å². The van der Waals surface area contributed by atoms with Crippen molar-refractivity contribution in [3.63, 3.8) is 0 Å². The van der Waals surface area contributed by atoms with E-state index in [1.54, 1.807) is 0 Å². The standard InChI is InChI=1S/C15H23ClN4O/c1-4-12-14-15(19(3)18-12)20(13(17-14)5-7-16)10(2)11-6-8-21-9-11/h10-11H,4-9H2,1-3H3. The summed E-state index contributed by atoms with van der Waals surface area (Å²) in [4.78, 5) is 4.84. The Bertz CT molecular complexity index is 627. The van der Waals surface area contributed by atoms with Gasteiger partial charge in [0.2, 0.25) is 0 Å². The molecular weight excluding hydrogens is 288 g/mol. The van der Waals surface area contributed by atoms with Gasteiger partial charge in [-0.1, -0.05) is 6.92 Å². The first kappa shape index (κ1) is 14.9. The zero-order valence-electron chi connectivity index (χ0n) is 13.0.